The van der Waals surface area contributed by atoms with Crippen LogP contribution in [-0.4, -0.2) is 38.4 Å². The molecular formula is C34H51KNO7S+. The number of amides is 1. The van der Waals surface area contributed by atoms with Crippen LogP contribution >= 0.6 is 0 Å². The van der Waals surface area contributed by atoms with Crippen LogP contribution in [0.25, 0.3) is 0 Å². The molecule has 0 heterocycles. The SMILES string of the molecule is CCCCCCCCCCCCCCCCCCOc1ccc(C(=O)CC(=O)Nc2cc(S(=O)(=O)O)ccc2OC)cc1.[K+]. The van der Waals surface area contributed by atoms with Crippen molar-refractivity contribution in [2.45, 2.75) is 121 Å². The number of Topliss-reactive ketones (excluding diaryl/α,β-unsaturated/α-hetero) is 1. The number of ether oxygens (including phenoxy) is 2. The molecule has 1 amide bonds. The Morgan fingerprint density at radius 2 is 1.25 bits per heavy atom. The number of benzene rings is 2. The predicted octanol–water partition coefficient (Wildman–Crippen LogP) is 5.80. The summed E-state index contributed by atoms with van der Waals surface area (Å²) >= 11 is 0. The van der Waals surface area contributed by atoms with Crippen LogP contribution in [0.2, 0.25) is 0 Å². The topological polar surface area (TPSA) is 119 Å². The second-order valence-electron chi connectivity index (χ2n) is 11.2. The molecule has 0 aromatic heterocycles. The van der Waals surface area contributed by atoms with E-state index in [9.17, 15) is 22.6 Å². The molecule has 2 aromatic carbocycles. The Kier molecular flexibility index (Phi) is 22.2. The van der Waals surface area contributed by atoms with Crippen molar-refractivity contribution in [2.75, 3.05) is 19.0 Å². The molecule has 0 aliphatic rings. The molecule has 0 saturated heterocycles. The van der Waals surface area contributed by atoms with Crippen molar-refractivity contribution >= 4 is 27.5 Å². The summed E-state index contributed by atoms with van der Waals surface area (Å²) in [5.41, 5.74) is 0.400. The zero-order valence-electron chi connectivity index (χ0n) is 27.1. The quantitative estimate of drug-likeness (QED) is 0.0482. The van der Waals surface area contributed by atoms with Crippen LogP contribution in [-0.2, 0) is 14.9 Å². The monoisotopic (exact) mass is 656 g/mol. The average Bonchev–Trinajstić information content (AvgIpc) is 2.98. The van der Waals surface area contributed by atoms with E-state index in [2.05, 4.69) is 12.2 Å². The Hall–Kier alpha value is -1.27. The third kappa shape index (κ3) is 17.4. The maximum atomic E-state index is 12.6. The maximum absolute atomic E-state index is 12.6. The van der Waals surface area contributed by atoms with Crippen LogP contribution in [0, 0.1) is 0 Å². The molecule has 0 radical (unpaired) electrons. The molecule has 0 unspecified atom stereocenters. The smallest absolute Gasteiger partial charge is 0.495 e. The third-order valence-corrected chi connectivity index (χ3v) is 8.36. The van der Waals surface area contributed by atoms with Crippen LogP contribution in [0.5, 0.6) is 11.5 Å². The van der Waals surface area contributed by atoms with Gasteiger partial charge in [-0.15, -0.1) is 0 Å². The fourth-order valence-electron chi connectivity index (χ4n) is 4.96. The van der Waals surface area contributed by atoms with Crippen LogP contribution in [0.1, 0.15) is 126 Å². The molecule has 44 heavy (non-hydrogen) atoms. The summed E-state index contributed by atoms with van der Waals surface area (Å²) in [6, 6.07) is 10.2. The number of hydrogen-bond acceptors (Lipinski definition) is 6. The van der Waals surface area contributed by atoms with Gasteiger partial charge in [0.25, 0.3) is 10.1 Å². The first-order valence-electron chi connectivity index (χ1n) is 16.0. The third-order valence-electron chi connectivity index (χ3n) is 7.51. The van der Waals surface area contributed by atoms with E-state index in [1.165, 1.54) is 103 Å². The van der Waals surface area contributed by atoms with E-state index in [0.29, 0.717) is 17.9 Å². The zero-order valence-corrected chi connectivity index (χ0v) is 31.0. The summed E-state index contributed by atoms with van der Waals surface area (Å²) in [7, 11) is -3.11. The summed E-state index contributed by atoms with van der Waals surface area (Å²) in [4.78, 5) is 24.6. The Labute approximate surface area is 307 Å². The molecule has 0 aliphatic carbocycles. The molecule has 2 rings (SSSR count). The second-order valence-corrected chi connectivity index (χ2v) is 12.6. The molecule has 2 aromatic rings. The van der Waals surface area contributed by atoms with E-state index in [1.807, 2.05) is 0 Å². The fraction of sp³-hybridized carbons (Fsp3) is 0.588. The number of carbonyl (C=O) groups excluding carboxylic acids is 2. The first-order chi connectivity index (χ1) is 20.7. The summed E-state index contributed by atoms with van der Waals surface area (Å²) in [6.45, 7) is 2.89. The van der Waals surface area contributed by atoms with Gasteiger partial charge < -0.3 is 14.8 Å². The Bertz CT molecular complexity index is 1200. The van der Waals surface area contributed by atoms with E-state index in [4.69, 9.17) is 9.47 Å². The molecule has 0 spiro atoms. The number of hydrogen-bond donors (Lipinski definition) is 2. The normalized spacial score (nSPS) is 11.1. The number of anilines is 1. The second kappa shape index (κ2) is 24.0. The summed E-state index contributed by atoms with van der Waals surface area (Å²) in [5, 5.41) is 2.48. The minimum absolute atomic E-state index is 0. The van der Waals surface area contributed by atoms with Crippen molar-refractivity contribution in [1.29, 1.82) is 0 Å². The molecule has 0 fully saturated rings. The van der Waals surface area contributed by atoms with E-state index in [0.717, 1.165) is 25.0 Å². The zero-order chi connectivity index (χ0) is 31.3. The van der Waals surface area contributed by atoms with Crippen molar-refractivity contribution in [1.82, 2.24) is 0 Å². The number of methoxy groups -OCH3 is 1. The van der Waals surface area contributed by atoms with Gasteiger partial charge >= 0.3 is 51.4 Å². The molecule has 10 heteroatoms. The minimum Gasteiger partial charge on any atom is -0.495 e. The molecule has 0 bridgehead atoms. The number of nitrogens with one attached hydrogen (secondary N) is 1. The predicted molar refractivity (Wildman–Crippen MR) is 172 cm³/mol. The fourth-order valence-corrected chi connectivity index (χ4v) is 5.47. The van der Waals surface area contributed by atoms with E-state index in [-0.39, 0.29) is 62.8 Å². The molecule has 0 saturated carbocycles. The minimum atomic E-state index is -4.46. The van der Waals surface area contributed by atoms with Crippen LogP contribution in [0.3, 0.4) is 0 Å². The molecular weight excluding hydrogens is 606 g/mol. The largest absolute Gasteiger partial charge is 1.00 e. The van der Waals surface area contributed by atoms with E-state index in [1.54, 1.807) is 24.3 Å². The van der Waals surface area contributed by atoms with Crippen molar-refractivity contribution in [2.24, 2.45) is 0 Å². The van der Waals surface area contributed by atoms with Crippen molar-refractivity contribution < 1.29 is 83.4 Å². The first-order valence-corrected chi connectivity index (χ1v) is 17.4. The number of carbonyl (C=O) groups is 2. The Morgan fingerprint density at radius 3 is 1.73 bits per heavy atom. The van der Waals surface area contributed by atoms with Crippen molar-refractivity contribution in [3.63, 3.8) is 0 Å². The number of ketones is 1. The molecule has 240 valence electrons. The Morgan fingerprint density at radius 1 is 0.750 bits per heavy atom. The van der Waals surface area contributed by atoms with Gasteiger partial charge in [0.2, 0.25) is 5.91 Å². The standard InChI is InChI=1S/C34H51NO7S.K/c1-3-4-5-6-7-8-9-10-11-12-13-14-15-16-17-18-25-42-29-21-19-28(20-22-29)32(36)27-34(37)35-31-26-30(43(38,39)40)23-24-33(31)41-2;/h19-24,26H,3-18,25,27H2,1-2H3,(H,35,37)(H,38,39,40);/q;+1. The van der Waals surface area contributed by atoms with Crippen LogP contribution in [0.4, 0.5) is 5.69 Å². The summed E-state index contributed by atoms with van der Waals surface area (Å²) < 4.78 is 43.0. The molecule has 0 atom stereocenters. The van der Waals surface area contributed by atoms with Gasteiger partial charge in [-0.1, -0.05) is 103 Å². The van der Waals surface area contributed by atoms with Gasteiger partial charge in [0.05, 0.1) is 30.7 Å². The van der Waals surface area contributed by atoms with Gasteiger partial charge in [0, 0.05) is 5.56 Å². The average molecular weight is 657 g/mol. The van der Waals surface area contributed by atoms with Gasteiger partial charge in [-0.25, -0.2) is 0 Å². The van der Waals surface area contributed by atoms with Gasteiger partial charge in [-0.05, 0) is 48.9 Å². The van der Waals surface area contributed by atoms with Crippen molar-refractivity contribution in [3.8, 4) is 11.5 Å². The summed E-state index contributed by atoms with van der Waals surface area (Å²) in [5.74, 6) is -0.167. The van der Waals surface area contributed by atoms with Gasteiger partial charge in [-0.2, -0.15) is 8.42 Å². The van der Waals surface area contributed by atoms with E-state index < -0.39 is 33.1 Å². The molecule has 8 nitrogen and oxygen atoms in total. The van der Waals surface area contributed by atoms with Gasteiger partial charge in [0.1, 0.15) is 11.5 Å². The number of unbranched alkanes of at least 4 members (excludes halogenated alkanes) is 15. The van der Waals surface area contributed by atoms with E-state index >= 15 is 0 Å². The number of rotatable bonds is 24. The van der Waals surface area contributed by atoms with Gasteiger partial charge in [0.15, 0.2) is 5.78 Å². The Balaban J connectivity index is 0.00000968. The van der Waals surface area contributed by atoms with Crippen LogP contribution in [0.15, 0.2) is 47.4 Å². The summed E-state index contributed by atoms with van der Waals surface area (Å²) in [6.07, 6.45) is 20.7. The van der Waals surface area contributed by atoms with Crippen LogP contribution < -0.4 is 66.2 Å². The molecule has 2 N–H and O–H groups in total. The maximum Gasteiger partial charge on any atom is 1.00 e. The van der Waals surface area contributed by atoms with Gasteiger partial charge in [-0.3, -0.25) is 14.1 Å². The van der Waals surface area contributed by atoms with Crippen molar-refractivity contribution in [3.05, 3.63) is 48.0 Å². The molecule has 0 aliphatic heterocycles. The first kappa shape index (κ1) is 40.7.